The molecule has 0 aromatic heterocycles. The van der Waals surface area contributed by atoms with Crippen LogP contribution in [0, 0.1) is 0 Å². The van der Waals surface area contributed by atoms with Gasteiger partial charge >= 0.3 is 29.6 Å². The number of nitrogen functional groups attached to an aromatic ring is 2. The van der Waals surface area contributed by atoms with Crippen LogP contribution in [0.3, 0.4) is 0 Å². The van der Waals surface area contributed by atoms with Crippen molar-refractivity contribution in [2.24, 2.45) is 0 Å². The summed E-state index contributed by atoms with van der Waals surface area (Å²) in [4.78, 5) is -0.322. The van der Waals surface area contributed by atoms with Crippen LogP contribution < -0.4 is 11.5 Å². The molecule has 5 nitrogen and oxygen atoms in total. The first-order chi connectivity index (χ1) is 5.41. The molecule has 0 heterocycles. The first-order valence-electron chi connectivity index (χ1n) is 3.04. The van der Waals surface area contributed by atoms with Gasteiger partial charge in [-0.15, -0.1) is 0 Å². The Morgan fingerprint density at radius 2 is 1.77 bits per heavy atom. The Balaban J connectivity index is 0.00000144. The minimum absolute atomic E-state index is 0. The fourth-order valence-corrected chi connectivity index (χ4v) is 1.40. The van der Waals surface area contributed by atoms with E-state index in [-0.39, 0.29) is 40.1 Å². The molecule has 0 amide bonds. The van der Waals surface area contributed by atoms with Gasteiger partial charge in [-0.3, -0.25) is 4.55 Å². The molecule has 0 saturated carbocycles. The predicted octanol–water partition coefficient (Wildman–Crippen LogP) is -0.551. The number of nitrogens with two attached hydrogens (primary N) is 2. The Morgan fingerprint density at radius 1 is 1.23 bits per heavy atom. The van der Waals surface area contributed by atoms with Gasteiger partial charge in [0.1, 0.15) is 4.90 Å². The van der Waals surface area contributed by atoms with Crippen LogP contribution in [0.5, 0.6) is 0 Å². The molecule has 0 aliphatic carbocycles. The Bertz CT molecular complexity index is 404. The van der Waals surface area contributed by atoms with E-state index in [9.17, 15) is 8.42 Å². The second-order valence-corrected chi connectivity index (χ2v) is 3.66. The second kappa shape index (κ2) is 4.30. The average molecular weight is 212 g/mol. The third-order valence-electron chi connectivity index (χ3n) is 1.31. The van der Waals surface area contributed by atoms with Crippen molar-refractivity contribution in [3.05, 3.63) is 18.2 Å². The van der Waals surface area contributed by atoms with Crippen molar-refractivity contribution in [3.8, 4) is 0 Å². The Labute approximate surface area is 98.2 Å². The molecule has 1 rings (SSSR count). The van der Waals surface area contributed by atoms with E-state index in [4.69, 9.17) is 16.0 Å². The third-order valence-corrected chi connectivity index (χ3v) is 2.24. The molecule has 0 radical (unpaired) electrons. The summed E-state index contributed by atoms with van der Waals surface area (Å²) < 4.78 is 29.8. The predicted molar refractivity (Wildman–Crippen MR) is 52.2 cm³/mol. The van der Waals surface area contributed by atoms with Crippen LogP contribution in [0.4, 0.5) is 11.4 Å². The number of hydrogen-bond acceptors (Lipinski definition) is 4. The fourth-order valence-electron chi connectivity index (χ4n) is 0.802. The molecule has 0 fully saturated rings. The topological polar surface area (TPSA) is 106 Å². The molecular formula is C6H9N2NaO3S. The van der Waals surface area contributed by atoms with Gasteiger partial charge in [-0.05, 0) is 18.2 Å². The molecule has 0 saturated heterocycles. The van der Waals surface area contributed by atoms with Gasteiger partial charge in [-0.25, -0.2) is 0 Å². The molecule has 0 spiro atoms. The van der Waals surface area contributed by atoms with E-state index in [0.29, 0.717) is 5.69 Å². The van der Waals surface area contributed by atoms with Crippen LogP contribution in [0.15, 0.2) is 23.1 Å². The Kier molecular flexibility index (Phi) is 4.21. The van der Waals surface area contributed by atoms with Gasteiger partial charge in [-0.1, -0.05) is 0 Å². The molecule has 5 N–H and O–H groups in total. The van der Waals surface area contributed by atoms with Crippen LogP contribution in [-0.2, 0) is 10.1 Å². The maximum atomic E-state index is 10.6. The van der Waals surface area contributed by atoms with Crippen LogP contribution in [0.1, 0.15) is 0 Å². The fraction of sp³-hybridized carbons (Fsp3) is 0. The first-order valence-corrected chi connectivity index (χ1v) is 4.48. The summed E-state index contributed by atoms with van der Waals surface area (Å²) in [5.41, 5.74) is 10.9. The van der Waals surface area contributed by atoms with E-state index in [1.807, 2.05) is 0 Å². The summed E-state index contributed by atoms with van der Waals surface area (Å²) in [6.45, 7) is 0. The molecule has 0 aliphatic rings. The normalized spacial score (nSPS) is 10.5. The van der Waals surface area contributed by atoms with E-state index >= 15 is 0 Å². The molecule has 13 heavy (non-hydrogen) atoms. The van der Waals surface area contributed by atoms with Gasteiger partial charge in [0, 0.05) is 5.69 Å². The van der Waals surface area contributed by atoms with Crippen molar-refractivity contribution >= 4 is 51.1 Å². The molecule has 0 bridgehead atoms. The quantitative estimate of drug-likeness (QED) is 0.329. The molecular weight excluding hydrogens is 203 g/mol. The van der Waals surface area contributed by atoms with Crippen molar-refractivity contribution < 1.29 is 13.0 Å². The van der Waals surface area contributed by atoms with Crippen LogP contribution in [0.25, 0.3) is 0 Å². The number of benzene rings is 1. The SMILES string of the molecule is Nc1ccc(S(=O)(=O)O)c(N)c1.[NaH]. The van der Waals surface area contributed by atoms with Gasteiger partial charge in [0.15, 0.2) is 0 Å². The molecule has 0 atom stereocenters. The third kappa shape index (κ3) is 3.17. The Morgan fingerprint density at radius 3 is 2.15 bits per heavy atom. The van der Waals surface area contributed by atoms with Crippen molar-refractivity contribution in [2.75, 3.05) is 11.5 Å². The van der Waals surface area contributed by atoms with Crippen molar-refractivity contribution in [3.63, 3.8) is 0 Å². The van der Waals surface area contributed by atoms with E-state index in [2.05, 4.69) is 0 Å². The molecule has 1 aromatic rings. The Hall–Kier alpha value is -0.270. The summed E-state index contributed by atoms with van der Waals surface area (Å²) in [6, 6.07) is 3.77. The van der Waals surface area contributed by atoms with E-state index in [1.54, 1.807) is 0 Å². The van der Waals surface area contributed by atoms with Gasteiger partial charge in [-0.2, -0.15) is 8.42 Å². The maximum absolute atomic E-state index is 10.6. The van der Waals surface area contributed by atoms with Crippen LogP contribution in [-0.4, -0.2) is 42.5 Å². The van der Waals surface area contributed by atoms with Crippen LogP contribution >= 0.6 is 0 Å². The van der Waals surface area contributed by atoms with Gasteiger partial charge in [0.05, 0.1) is 5.69 Å². The summed E-state index contributed by atoms with van der Waals surface area (Å²) in [6.07, 6.45) is 0. The molecule has 68 valence electrons. The zero-order valence-electron chi connectivity index (χ0n) is 6.06. The van der Waals surface area contributed by atoms with E-state index in [0.717, 1.165) is 6.07 Å². The average Bonchev–Trinajstić information content (AvgIpc) is 1.83. The minimum atomic E-state index is -4.23. The monoisotopic (exact) mass is 212 g/mol. The van der Waals surface area contributed by atoms with E-state index in [1.165, 1.54) is 12.1 Å². The number of hydrogen-bond donors (Lipinski definition) is 3. The van der Waals surface area contributed by atoms with Gasteiger partial charge in [0.2, 0.25) is 0 Å². The van der Waals surface area contributed by atoms with Crippen molar-refractivity contribution in [1.82, 2.24) is 0 Å². The number of rotatable bonds is 1. The summed E-state index contributed by atoms with van der Waals surface area (Å²) >= 11 is 0. The molecule has 7 heteroatoms. The summed E-state index contributed by atoms with van der Waals surface area (Å²) in [5, 5.41) is 0. The van der Waals surface area contributed by atoms with Gasteiger partial charge < -0.3 is 11.5 Å². The summed E-state index contributed by atoms with van der Waals surface area (Å²) in [5.74, 6) is 0. The van der Waals surface area contributed by atoms with Gasteiger partial charge in [0.25, 0.3) is 10.1 Å². The first kappa shape index (κ1) is 12.7. The zero-order chi connectivity index (χ0) is 9.35. The molecule has 1 aromatic carbocycles. The van der Waals surface area contributed by atoms with E-state index < -0.39 is 10.1 Å². The van der Waals surface area contributed by atoms with Crippen molar-refractivity contribution in [2.45, 2.75) is 4.90 Å². The molecule has 0 unspecified atom stereocenters. The zero-order valence-corrected chi connectivity index (χ0v) is 6.88. The standard InChI is InChI=1S/C6H8N2O3S.Na.H/c7-4-1-2-6(5(8)3-4)12(9,10)11;;/h1-3H,7-8H2,(H,9,10,11);;. The summed E-state index contributed by atoms with van der Waals surface area (Å²) in [7, 11) is -4.23. The molecule has 0 aliphatic heterocycles. The van der Waals surface area contributed by atoms with Crippen LogP contribution in [0.2, 0.25) is 0 Å². The van der Waals surface area contributed by atoms with Crippen molar-refractivity contribution in [1.29, 1.82) is 0 Å². The number of anilines is 2. The second-order valence-electron chi connectivity index (χ2n) is 2.27.